The second kappa shape index (κ2) is 6.81. The van der Waals surface area contributed by atoms with Crippen LogP contribution in [0.2, 0.25) is 10.0 Å². The van der Waals surface area contributed by atoms with Gasteiger partial charge < -0.3 is 9.30 Å². The topological polar surface area (TPSA) is 48.3 Å². The van der Waals surface area contributed by atoms with Gasteiger partial charge in [0.05, 0.1) is 11.6 Å². The molecule has 0 aliphatic carbocycles. The molecule has 0 spiro atoms. The lowest BCUT2D eigenvalue weighted by Crippen LogP contribution is -2.25. The molecule has 0 aliphatic rings. The first-order valence-corrected chi connectivity index (χ1v) is 6.37. The van der Waals surface area contributed by atoms with Gasteiger partial charge in [-0.1, -0.05) is 37.0 Å². The quantitative estimate of drug-likeness (QED) is 0.784. The highest BCUT2D eigenvalue weighted by molar-refractivity contribution is 6.34. The third kappa shape index (κ3) is 4.70. The van der Waals surface area contributed by atoms with E-state index in [9.17, 15) is 9.59 Å². The van der Waals surface area contributed by atoms with Gasteiger partial charge in [0.15, 0.2) is 0 Å². The van der Waals surface area contributed by atoms with Crippen molar-refractivity contribution in [2.75, 3.05) is 6.61 Å². The van der Waals surface area contributed by atoms with Crippen molar-refractivity contribution in [3.05, 3.63) is 32.7 Å². The molecule has 1 aromatic heterocycles. The van der Waals surface area contributed by atoms with E-state index in [0.717, 1.165) is 11.0 Å². The number of rotatable bonds is 5. The Kier molecular flexibility index (Phi) is 5.69. The van der Waals surface area contributed by atoms with Crippen LogP contribution in [0.15, 0.2) is 17.1 Å². The summed E-state index contributed by atoms with van der Waals surface area (Å²) in [5.74, 6) is -0.0165. The number of hydrogen-bond acceptors (Lipinski definition) is 3. The van der Waals surface area contributed by atoms with Gasteiger partial charge in [-0.05, 0) is 18.4 Å². The number of pyridine rings is 1. The van der Waals surface area contributed by atoms with E-state index < -0.39 is 11.5 Å². The number of aromatic nitrogens is 1. The molecule has 0 radical (unpaired) electrons. The Morgan fingerprint density at radius 3 is 2.72 bits per heavy atom. The summed E-state index contributed by atoms with van der Waals surface area (Å²) < 4.78 is 6.15. The maximum atomic E-state index is 11.6. The maximum absolute atomic E-state index is 11.6. The first-order chi connectivity index (χ1) is 8.40. The largest absolute Gasteiger partial charge is 0.464 e. The van der Waals surface area contributed by atoms with Crippen LogP contribution in [0.1, 0.15) is 20.3 Å². The van der Waals surface area contributed by atoms with Gasteiger partial charge in [-0.2, -0.15) is 0 Å². The Morgan fingerprint density at radius 2 is 2.11 bits per heavy atom. The molecular weight excluding hydrogens is 277 g/mol. The molecule has 6 heteroatoms. The van der Waals surface area contributed by atoms with E-state index in [0.29, 0.717) is 17.5 Å². The summed E-state index contributed by atoms with van der Waals surface area (Å²) in [5.41, 5.74) is -0.457. The van der Waals surface area contributed by atoms with Gasteiger partial charge in [0.1, 0.15) is 11.6 Å². The summed E-state index contributed by atoms with van der Waals surface area (Å²) >= 11 is 11.4. The van der Waals surface area contributed by atoms with E-state index >= 15 is 0 Å². The van der Waals surface area contributed by atoms with Crippen molar-refractivity contribution < 1.29 is 9.53 Å². The smallest absolute Gasteiger partial charge is 0.326 e. The van der Waals surface area contributed by atoms with E-state index in [1.165, 1.54) is 12.3 Å². The van der Waals surface area contributed by atoms with Crippen molar-refractivity contribution in [3.8, 4) is 0 Å². The van der Waals surface area contributed by atoms with Crippen LogP contribution in [0.25, 0.3) is 0 Å². The molecule has 0 unspecified atom stereocenters. The Bertz CT molecular complexity index is 483. The van der Waals surface area contributed by atoms with E-state index in [-0.39, 0.29) is 11.6 Å². The summed E-state index contributed by atoms with van der Waals surface area (Å²) in [6.07, 6.45) is 2.15. The van der Waals surface area contributed by atoms with Crippen molar-refractivity contribution in [2.45, 2.75) is 26.8 Å². The summed E-state index contributed by atoms with van der Waals surface area (Å²) in [4.78, 5) is 23.1. The second-order valence-electron chi connectivity index (χ2n) is 4.34. The standard InChI is InChI=1S/C12H15Cl2NO3/c1-8(2)3-4-18-11(16)7-15-6-9(13)5-10(14)12(15)17/h5-6,8H,3-4,7H2,1-2H3. The number of carbonyl (C=O) groups excluding carboxylic acids is 1. The second-order valence-corrected chi connectivity index (χ2v) is 5.19. The molecule has 4 nitrogen and oxygen atoms in total. The number of carbonyl (C=O) groups is 1. The monoisotopic (exact) mass is 291 g/mol. The molecule has 1 heterocycles. The minimum atomic E-state index is -0.476. The third-order valence-electron chi connectivity index (χ3n) is 2.27. The maximum Gasteiger partial charge on any atom is 0.326 e. The van der Waals surface area contributed by atoms with E-state index in [1.54, 1.807) is 0 Å². The normalized spacial score (nSPS) is 10.7. The lowest BCUT2D eigenvalue weighted by molar-refractivity contribution is -0.144. The molecule has 0 aliphatic heterocycles. The first kappa shape index (κ1) is 15.1. The molecule has 0 saturated heterocycles. The molecule has 0 N–H and O–H groups in total. The zero-order valence-electron chi connectivity index (χ0n) is 10.3. The zero-order valence-corrected chi connectivity index (χ0v) is 11.8. The van der Waals surface area contributed by atoms with E-state index in [4.69, 9.17) is 27.9 Å². The lowest BCUT2D eigenvalue weighted by atomic mass is 10.1. The van der Waals surface area contributed by atoms with Crippen LogP contribution in [-0.2, 0) is 16.1 Å². The van der Waals surface area contributed by atoms with Gasteiger partial charge >= 0.3 is 5.97 Å². The fraction of sp³-hybridized carbons (Fsp3) is 0.500. The predicted molar refractivity (Wildman–Crippen MR) is 71.1 cm³/mol. The summed E-state index contributed by atoms with van der Waals surface area (Å²) in [7, 11) is 0. The van der Waals surface area contributed by atoms with Crippen LogP contribution in [0.3, 0.4) is 0 Å². The average Bonchev–Trinajstić information content (AvgIpc) is 2.24. The Balaban J connectivity index is 2.62. The number of esters is 1. The Hall–Kier alpha value is -1.00. The van der Waals surface area contributed by atoms with Crippen molar-refractivity contribution in [1.29, 1.82) is 0 Å². The molecule has 18 heavy (non-hydrogen) atoms. The SMILES string of the molecule is CC(C)CCOC(=O)Cn1cc(Cl)cc(Cl)c1=O. The molecule has 0 fully saturated rings. The van der Waals surface area contributed by atoms with Gasteiger partial charge in [0, 0.05) is 6.20 Å². The molecule has 1 rings (SSSR count). The van der Waals surface area contributed by atoms with Gasteiger partial charge in [0.2, 0.25) is 0 Å². The number of hydrogen-bond donors (Lipinski definition) is 0. The number of halogens is 2. The predicted octanol–water partition coefficient (Wildman–Crippen LogP) is 2.74. The highest BCUT2D eigenvalue weighted by atomic mass is 35.5. The molecular formula is C12H15Cl2NO3. The fourth-order valence-electron chi connectivity index (χ4n) is 1.28. The van der Waals surface area contributed by atoms with Gasteiger partial charge in [-0.15, -0.1) is 0 Å². The van der Waals surface area contributed by atoms with Gasteiger partial charge in [0.25, 0.3) is 5.56 Å². The third-order valence-corrected chi connectivity index (χ3v) is 2.74. The van der Waals surface area contributed by atoms with Crippen LogP contribution in [0, 0.1) is 5.92 Å². The van der Waals surface area contributed by atoms with Crippen LogP contribution >= 0.6 is 23.2 Å². The molecule has 0 amide bonds. The number of ether oxygens (including phenoxy) is 1. The van der Waals surface area contributed by atoms with E-state index in [2.05, 4.69) is 0 Å². The highest BCUT2D eigenvalue weighted by Gasteiger charge is 2.09. The zero-order chi connectivity index (χ0) is 13.7. The lowest BCUT2D eigenvalue weighted by Gasteiger charge is -2.08. The van der Waals surface area contributed by atoms with Crippen LogP contribution < -0.4 is 5.56 Å². The molecule has 1 aromatic rings. The van der Waals surface area contributed by atoms with E-state index in [1.807, 2.05) is 13.8 Å². The Labute approximate surface area is 115 Å². The minimum absolute atomic E-state index is 0.0162. The summed E-state index contributed by atoms with van der Waals surface area (Å²) in [6.45, 7) is 4.24. The molecule has 100 valence electrons. The molecule has 0 atom stereocenters. The van der Waals surface area contributed by atoms with Crippen molar-refractivity contribution in [3.63, 3.8) is 0 Å². The van der Waals surface area contributed by atoms with Crippen LogP contribution in [-0.4, -0.2) is 17.1 Å². The molecule has 0 aromatic carbocycles. The fourth-order valence-corrected chi connectivity index (χ4v) is 1.78. The number of nitrogens with zero attached hydrogens (tertiary/aromatic N) is 1. The van der Waals surface area contributed by atoms with Crippen LogP contribution in [0.5, 0.6) is 0 Å². The van der Waals surface area contributed by atoms with Gasteiger partial charge in [-0.3, -0.25) is 9.59 Å². The van der Waals surface area contributed by atoms with Crippen molar-refractivity contribution in [2.24, 2.45) is 5.92 Å². The summed E-state index contributed by atoms with van der Waals surface area (Å²) in [6, 6.07) is 1.34. The Morgan fingerprint density at radius 1 is 1.44 bits per heavy atom. The average molecular weight is 292 g/mol. The first-order valence-electron chi connectivity index (χ1n) is 5.61. The van der Waals surface area contributed by atoms with Gasteiger partial charge in [-0.25, -0.2) is 0 Å². The van der Waals surface area contributed by atoms with Crippen molar-refractivity contribution >= 4 is 29.2 Å². The molecule has 0 bridgehead atoms. The minimum Gasteiger partial charge on any atom is -0.464 e. The highest BCUT2D eigenvalue weighted by Crippen LogP contribution is 2.11. The van der Waals surface area contributed by atoms with Crippen LogP contribution in [0.4, 0.5) is 0 Å². The van der Waals surface area contributed by atoms with Crippen molar-refractivity contribution in [1.82, 2.24) is 4.57 Å². The molecule has 0 saturated carbocycles. The summed E-state index contributed by atoms with van der Waals surface area (Å²) in [5, 5.41) is 0.284.